The van der Waals surface area contributed by atoms with E-state index in [0.29, 0.717) is 11.8 Å². The quantitative estimate of drug-likeness (QED) is 0.137. The highest BCUT2D eigenvalue weighted by molar-refractivity contribution is 6.81. The molecular weight excluding hydrogens is 1130 g/mol. The molecule has 2 heterocycles. The van der Waals surface area contributed by atoms with Gasteiger partial charge in [0.1, 0.15) is 16.3 Å². The van der Waals surface area contributed by atoms with Crippen LogP contribution in [0.25, 0.3) is 280 Å². The van der Waals surface area contributed by atoms with E-state index >= 15 is 9.59 Å². The van der Waals surface area contributed by atoms with E-state index in [9.17, 15) is 0 Å². The molecule has 0 bridgehead atoms. The Morgan fingerprint density at radius 2 is 0.742 bits per heavy atom. The Labute approximate surface area is 513 Å². The van der Waals surface area contributed by atoms with Crippen molar-refractivity contribution in [2.45, 2.75) is 24.3 Å². The van der Waals surface area contributed by atoms with Crippen LogP contribution < -0.4 is 16.2 Å². The Balaban J connectivity index is 1.04. The molecule has 1 N–H and O–H groups in total. The van der Waals surface area contributed by atoms with Gasteiger partial charge < -0.3 is 0 Å². The number of aliphatic imine (C=N–C) groups is 1. The minimum absolute atomic E-state index is 0.0455. The molecule has 2 atom stereocenters. The van der Waals surface area contributed by atoms with Gasteiger partial charge in [0.05, 0.1) is 17.1 Å². The maximum atomic E-state index is 19.2. The van der Waals surface area contributed by atoms with E-state index in [4.69, 9.17) is 15.1 Å². The van der Waals surface area contributed by atoms with E-state index < -0.39 is 11.0 Å². The van der Waals surface area contributed by atoms with Gasteiger partial charge in [-0.15, -0.1) is 0 Å². The van der Waals surface area contributed by atoms with Crippen molar-refractivity contribution in [2.24, 2.45) is 10.1 Å². The van der Waals surface area contributed by atoms with Gasteiger partial charge in [-0.3, -0.25) is 25.0 Å². The molecule has 0 saturated carbocycles. The number of anilines is 1. The van der Waals surface area contributed by atoms with Crippen molar-refractivity contribution >= 4 is 297 Å². The minimum atomic E-state index is -1.48. The summed E-state index contributed by atoms with van der Waals surface area (Å²) in [6, 6.07) is 36.6. The molecule has 6 heteroatoms. The summed E-state index contributed by atoms with van der Waals surface area (Å²) >= 11 is 0. The first kappa shape index (κ1) is 39.9. The molecule has 0 radical (unpaired) electrons. The largest absolute Gasteiger partial charge is 0.292 e. The number of ketones is 1. The number of aromatic nitrogens is 1. The van der Waals surface area contributed by atoms with Crippen molar-refractivity contribution in [1.29, 1.82) is 0 Å². The second-order valence-corrected chi connectivity index (χ2v) is 30.4. The monoisotopic (exact) mass is 1160 g/mol. The van der Waals surface area contributed by atoms with Crippen LogP contribution in [-0.2, 0) is 17.4 Å². The number of hydrogen-bond donors (Lipinski definition) is 1. The lowest BCUT2D eigenvalue weighted by Crippen LogP contribution is -2.54. The van der Waals surface area contributed by atoms with Crippen molar-refractivity contribution < 1.29 is 4.79 Å². The summed E-state index contributed by atoms with van der Waals surface area (Å²) in [4.78, 5) is 49.3. The van der Waals surface area contributed by atoms with Crippen molar-refractivity contribution in [3.05, 3.63) is 170 Å². The lowest BCUT2D eigenvalue weighted by atomic mass is 9.53. The van der Waals surface area contributed by atoms with Crippen LogP contribution in [-0.4, -0.2) is 16.5 Å². The summed E-state index contributed by atoms with van der Waals surface area (Å²) in [5.74, 6) is 0.0455. The van der Waals surface area contributed by atoms with E-state index in [1.54, 1.807) is 0 Å². The Kier molecular flexibility index (Phi) is 4.51. The molecule has 0 amide bonds. The van der Waals surface area contributed by atoms with Gasteiger partial charge in [-0.05, 0) is 183 Å². The predicted octanol–water partition coefficient (Wildman–Crippen LogP) is 20.3. The Hall–Kier alpha value is -12.0. The molecule has 93 heavy (non-hydrogen) atoms. The first-order valence-corrected chi connectivity index (χ1v) is 33.2. The van der Waals surface area contributed by atoms with Crippen LogP contribution in [0.2, 0.25) is 0 Å². The fraction of sp³-hybridized carbons (Fsp3) is 0.0460. The molecule has 0 spiro atoms. The molecule has 6 nitrogen and oxygen atoms in total. The fourth-order valence-corrected chi connectivity index (χ4v) is 26.4. The summed E-state index contributed by atoms with van der Waals surface area (Å²) in [6.07, 6.45) is 2.47. The van der Waals surface area contributed by atoms with Crippen molar-refractivity contribution in [1.82, 2.24) is 4.98 Å². The molecule has 30 aromatic carbocycles. The molecule has 0 fully saturated rings. The number of carbonyl (C=O) groups excluding carboxylic acids is 1. The topological polar surface area (TPSA) is 83.8 Å². The fourth-order valence-electron chi connectivity index (χ4n) is 26.4. The summed E-state index contributed by atoms with van der Waals surface area (Å²) in [7, 11) is 0. The smallest absolute Gasteiger partial charge is 0.215 e. The third kappa shape index (κ3) is 2.80. The van der Waals surface area contributed by atoms with Gasteiger partial charge >= 0.3 is 0 Å². The SMILES string of the molecule is Cc1ccc(NN=c2c(=O)c3c4c5c6c7c8c9c%10c%11c%12c(c%13c%14c2c3c2c3c4c4c5c5c7c7c%15c8c%11c8c%11c%12c%12c%13c%13c%14c2c2c3c3c4c4c5c7c5c(c%158)c7c%11c%12c8c%13c2c2c8c7c5c4c32)CC%10(c2ccccn2)N=C(c2ccccc2)C9(c2ccccc2)C6=O)cc1. The second kappa shape index (κ2) is 10.5. The standard InChI is InChI=1S/C87H24N4O2/c1-21-15-17-24(18-16-21)90-91-82-77-31-27-25-20-86(26-14-8-9-19-88-26)80-75-28(25)30-32-29(27)33-35(31)39-43-41-37(33)40-36(32)38-34(30)63-58-53-42(38)46-44(40)45(41)48-49-47(46)50(53)54-57-52(49)55-51(48)56(43)61-65-60(55)66-62(57)67-59(54)64(58)70(69(63)75)76-73(67)79(72(66)71(65)78(83(82)92)74(77)68(39)61)85(93)87(81(76)80,23-12-6-3-7-13-23)84(89-86)22-10-4-2-5-11-22/h2-19,90H,20H2,1H3. The van der Waals surface area contributed by atoms with Crippen LogP contribution in [0.4, 0.5) is 5.69 Å². The lowest BCUT2D eigenvalue weighted by molar-refractivity contribution is 0.0948. The predicted molar refractivity (Wildman–Crippen MR) is 384 cm³/mol. The number of pyridine rings is 1. The Morgan fingerprint density at radius 1 is 0.366 bits per heavy atom. The van der Waals surface area contributed by atoms with Crippen LogP contribution in [0.5, 0.6) is 0 Å². The number of nitrogens with zero attached hydrogens (tertiary/aromatic N) is 3. The van der Waals surface area contributed by atoms with Gasteiger partial charge in [0.15, 0.2) is 5.78 Å². The van der Waals surface area contributed by atoms with Crippen LogP contribution in [0.1, 0.15) is 49.4 Å². The molecule has 31 aromatic rings. The minimum Gasteiger partial charge on any atom is -0.292 e. The number of benzene rings is 20. The Morgan fingerprint density at radius 3 is 1.22 bits per heavy atom. The molecule has 1 aliphatic heterocycles. The maximum absolute atomic E-state index is 19.2. The van der Waals surface area contributed by atoms with Crippen LogP contribution in [0, 0.1) is 6.92 Å². The average molecular weight is 1160 g/mol. The molecular formula is C87H24N4O2. The van der Waals surface area contributed by atoms with Gasteiger partial charge in [-0.1, -0.05) is 84.4 Å². The number of Topliss-reactive ketones (excluding diaryl/α,β-unsaturated/α-hetero) is 1. The van der Waals surface area contributed by atoms with E-state index in [0.717, 1.165) is 88.2 Å². The van der Waals surface area contributed by atoms with Gasteiger partial charge in [0.2, 0.25) is 5.43 Å². The third-order valence-electron chi connectivity index (χ3n) is 28.2. The normalized spacial score (nSPS) is 19.7. The van der Waals surface area contributed by atoms with Gasteiger partial charge in [0.25, 0.3) is 0 Å². The van der Waals surface area contributed by atoms with E-state index in [-0.39, 0.29) is 11.2 Å². The number of rotatable bonds is 5. The molecule has 3 aliphatic rings. The van der Waals surface area contributed by atoms with Crippen molar-refractivity contribution in [3.63, 3.8) is 0 Å². The van der Waals surface area contributed by atoms with Crippen molar-refractivity contribution in [3.8, 4) is 0 Å². The highest BCUT2D eigenvalue weighted by atomic mass is 16.1. The van der Waals surface area contributed by atoms with E-state index in [2.05, 4.69) is 115 Å². The highest BCUT2D eigenvalue weighted by Crippen LogP contribution is 2.79. The van der Waals surface area contributed by atoms with Crippen LogP contribution in [0.3, 0.4) is 0 Å². The Bertz CT molecular complexity index is 9090. The average Bonchev–Trinajstić information content (AvgIpc) is 1.40. The lowest BCUT2D eigenvalue weighted by Gasteiger charge is -2.50. The summed E-state index contributed by atoms with van der Waals surface area (Å²) in [6.45, 7) is 2.11. The molecule has 2 aliphatic carbocycles. The zero-order valence-electron chi connectivity index (χ0n) is 48.3. The number of nitrogens with one attached hydrogen (secondary N) is 1. The second-order valence-electron chi connectivity index (χ2n) is 30.4. The zero-order valence-corrected chi connectivity index (χ0v) is 48.3. The van der Waals surface area contributed by atoms with Gasteiger partial charge in [-0.2, -0.15) is 5.10 Å². The number of fused-ring (bicyclic) bond motifs is 6. The highest BCUT2D eigenvalue weighted by Gasteiger charge is 2.63. The van der Waals surface area contributed by atoms with Crippen LogP contribution >= 0.6 is 0 Å². The summed E-state index contributed by atoms with van der Waals surface area (Å²) in [5.41, 5.74) is 10.7. The number of carbonyl (C=O) groups is 1. The maximum Gasteiger partial charge on any atom is 0.215 e. The van der Waals surface area contributed by atoms with Crippen LogP contribution in [0.15, 0.2) is 124 Å². The molecule has 0 saturated heterocycles. The third-order valence-corrected chi connectivity index (χ3v) is 28.2. The van der Waals surface area contributed by atoms with E-state index in [1.165, 1.54) is 248 Å². The number of aryl methyl sites for hydroxylation is 1. The zero-order chi connectivity index (χ0) is 57.8. The van der Waals surface area contributed by atoms with Gasteiger partial charge in [0, 0.05) is 175 Å². The number of hydrogen-bond acceptors (Lipinski definition) is 6. The molecule has 34 rings (SSSR count). The first-order valence-electron chi connectivity index (χ1n) is 33.2. The van der Waals surface area contributed by atoms with E-state index in [1.807, 2.05) is 6.20 Å². The van der Waals surface area contributed by atoms with Crippen molar-refractivity contribution in [2.75, 3.05) is 5.43 Å². The molecule has 1 aromatic heterocycles. The van der Waals surface area contributed by atoms with Gasteiger partial charge in [-0.25, -0.2) is 0 Å². The first-order chi connectivity index (χ1) is 46.1. The summed E-state index contributed by atoms with van der Waals surface area (Å²) in [5, 5.41) is 74.7. The molecule has 404 valence electrons. The summed E-state index contributed by atoms with van der Waals surface area (Å²) < 4.78 is 0. The molecule has 2 unspecified atom stereocenters.